The van der Waals surface area contributed by atoms with Gasteiger partial charge in [0, 0.05) is 26.2 Å². The number of hydrogen-bond acceptors (Lipinski definition) is 4. The first-order chi connectivity index (χ1) is 8.66. The lowest BCUT2D eigenvalue weighted by Gasteiger charge is -2.31. The smallest absolute Gasteiger partial charge is 0.232 e. The predicted octanol–water partition coefficient (Wildman–Crippen LogP) is 0.906. The van der Waals surface area contributed by atoms with Crippen LogP contribution in [0.25, 0.3) is 0 Å². The highest BCUT2D eigenvalue weighted by atomic mass is 16.7. The van der Waals surface area contributed by atoms with E-state index in [0.29, 0.717) is 5.75 Å². The highest BCUT2D eigenvalue weighted by Crippen LogP contribution is 2.38. The van der Waals surface area contributed by atoms with E-state index in [4.69, 9.17) is 9.47 Å². The van der Waals surface area contributed by atoms with Crippen LogP contribution in [-0.2, 0) is 4.79 Å². The number of anilines is 1. The van der Waals surface area contributed by atoms with Crippen LogP contribution in [0.1, 0.15) is 5.56 Å². The summed E-state index contributed by atoms with van der Waals surface area (Å²) in [5, 5.41) is 3.11. The maximum Gasteiger partial charge on any atom is 0.232 e. The van der Waals surface area contributed by atoms with Gasteiger partial charge in [0.25, 0.3) is 0 Å². The lowest BCUT2D eigenvalue weighted by atomic mass is 10.0. The first-order valence-electron chi connectivity index (χ1n) is 6.05. The molecule has 0 radical (unpaired) electrons. The van der Waals surface area contributed by atoms with E-state index in [9.17, 15) is 4.79 Å². The molecule has 1 saturated heterocycles. The summed E-state index contributed by atoms with van der Waals surface area (Å²) in [4.78, 5) is 13.9. The van der Waals surface area contributed by atoms with Gasteiger partial charge in [0.2, 0.25) is 12.7 Å². The lowest BCUT2D eigenvalue weighted by Crippen LogP contribution is -2.51. The number of hydrogen-bond donors (Lipinski definition) is 1. The maximum atomic E-state index is 12.2. The van der Waals surface area contributed by atoms with Gasteiger partial charge in [-0.05, 0) is 18.6 Å². The van der Waals surface area contributed by atoms with Crippen LogP contribution in [0, 0.1) is 12.8 Å². The summed E-state index contributed by atoms with van der Waals surface area (Å²) in [6.07, 6.45) is 0. The van der Waals surface area contributed by atoms with Gasteiger partial charge >= 0.3 is 0 Å². The number of carbonyl (C=O) groups is 1. The standard InChI is InChI=1S/C13H16N2O3/c1-8-3-11-12(18-7-17-11)4-10(8)15(2)13(16)9-5-14-6-9/h3-4,9,14H,5-7H2,1-2H3. The fraction of sp³-hybridized carbons (Fsp3) is 0.462. The molecule has 0 unspecified atom stereocenters. The van der Waals surface area contributed by atoms with Crippen molar-refractivity contribution in [3.8, 4) is 11.5 Å². The third-order valence-corrected chi connectivity index (χ3v) is 3.51. The van der Waals surface area contributed by atoms with Crippen LogP contribution in [0.3, 0.4) is 0 Å². The minimum absolute atomic E-state index is 0.0971. The number of rotatable bonds is 2. The molecule has 0 atom stereocenters. The Balaban J connectivity index is 1.89. The first kappa shape index (κ1) is 11.3. The third kappa shape index (κ3) is 1.71. The zero-order valence-corrected chi connectivity index (χ0v) is 10.5. The van der Waals surface area contributed by atoms with Crippen molar-refractivity contribution < 1.29 is 14.3 Å². The van der Waals surface area contributed by atoms with E-state index in [-0.39, 0.29) is 18.6 Å². The van der Waals surface area contributed by atoms with E-state index in [0.717, 1.165) is 30.1 Å². The van der Waals surface area contributed by atoms with Crippen molar-refractivity contribution in [3.63, 3.8) is 0 Å². The van der Waals surface area contributed by atoms with Crippen molar-refractivity contribution in [2.24, 2.45) is 5.92 Å². The second kappa shape index (κ2) is 4.17. The number of nitrogens with zero attached hydrogens (tertiary/aromatic N) is 1. The molecule has 96 valence electrons. The molecule has 0 aromatic heterocycles. The van der Waals surface area contributed by atoms with Crippen LogP contribution in [0.2, 0.25) is 0 Å². The van der Waals surface area contributed by atoms with Gasteiger partial charge in [0.05, 0.1) is 11.6 Å². The van der Waals surface area contributed by atoms with Gasteiger partial charge in [-0.2, -0.15) is 0 Å². The molecule has 1 aromatic carbocycles. The summed E-state index contributed by atoms with van der Waals surface area (Å²) in [5.41, 5.74) is 1.90. The molecule has 5 heteroatoms. The quantitative estimate of drug-likeness (QED) is 0.845. The van der Waals surface area contributed by atoms with Gasteiger partial charge in [0.1, 0.15) is 0 Å². The molecule has 1 amide bonds. The SMILES string of the molecule is Cc1cc2c(cc1N(C)C(=O)C1CNC1)OCO2. The van der Waals surface area contributed by atoms with Gasteiger partial charge < -0.3 is 19.7 Å². The van der Waals surface area contributed by atoms with Crippen molar-refractivity contribution in [2.75, 3.05) is 31.8 Å². The molecule has 2 heterocycles. The first-order valence-corrected chi connectivity index (χ1v) is 6.05. The summed E-state index contributed by atoms with van der Waals surface area (Å²) in [7, 11) is 1.81. The van der Waals surface area contributed by atoms with Gasteiger partial charge in [-0.15, -0.1) is 0 Å². The minimum atomic E-state index is 0.0971. The zero-order chi connectivity index (χ0) is 12.7. The minimum Gasteiger partial charge on any atom is -0.454 e. The summed E-state index contributed by atoms with van der Waals surface area (Å²) in [6, 6.07) is 3.79. The maximum absolute atomic E-state index is 12.2. The lowest BCUT2D eigenvalue weighted by molar-refractivity contribution is -0.123. The summed E-state index contributed by atoms with van der Waals surface area (Å²) >= 11 is 0. The van der Waals surface area contributed by atoms with Crippen molar-refractivity contribution in [1.82, 2.24) is 5.32 Å². The zero-order valence-electron chi connectivity index (χ0n) is 10.5. The summed E-state index contributed by atoms with van der Waals surface area (Å²) < 4.78 is 10.7. The average Bonchev–Trinajstić information content (AvgIpc) is 2.71. The molecule has 3 rings (SSSR count). The van der Waals surface area contributed by atoms with E-state index in [1.165, 1.54) is 0 Å². The number of amides is 1. The van der Waals surface area contributed by atoms with Gasteiger partial charge in [0.15, 0.2) is 11.5 Å². The molecule has 0 bridgehead atoms. The topological polar surface area (TPSA) is 50.8 Å². The molecule has 0 aliphatic carbocycles. The highest BCUT2D eigenvalue weighted by Gasteiger charge is 2.29. The van der Waals surface area contributed by atoms with Crippen LogP contribution in [0.5, 0.6) is 11.5 Å². The van der Waals surface area contributed by atoms with E-state index < -0.39 is 0 Å². The Kier molecular flexibility index (Phi) is 2.63. The number of carbonyl (C=O) groups excluding carboxylic acids is 1. The Bertz CT molecular complexity index is 497. The number of benzene rings is 1. The molecule has 0 spiro atoms. The molecule has 0 saturated carbocycles. The van der Waals surface area contributed by atoms with E-state index in [1.807, 2.05) is 26.1 Å². The van der Waals surface area contributed by atoms with E-state index in [1.54, 1.807) is 4.90 Å². The van der Waals surface area contributed by atoms with E-state index in [2.05, 4.69) is 5.32 Å². The largest absolute Gasteiger partial charge is 0.454 e. The molecule has 2 aliphatic rings. The molecule has 1 fully saturated rings. The highest BCUT2D eigenvalue weighted by molar-refractivity contribution is 5.96. The second-order valence-electron chi connectivity index (χ2n) is 4.74. The Labute approximate surface area is 106 Å². The predicted molar refractivity (Wildman–Crippen MR) is 67.1 cm³/mol. The molecule has 18 heavy (non-hydrogen) atoms. The van der Waals surface area contributed by atoms with Gasteiger partial charge in [-0.3, -0.25) is 4.79 Å². The molecule has 1 aromatic rings. The molecule has 5 nitrogen and oxygen atoms in total. The van der Waals surface area contributed by atoms with E-state index >= 15 is 0 Å². The number of nitrogens with one attached hydrogen (secondary N) is 1. The summed E-state index contributed by atoms with van der Waals surface area (Å²) in [6.45, 7) is 3.77. The van der Waals surface area contributed by atoms with Crippen molar-refractivity contribution in [3.05, 3.63) is 17.7 Å². The summed E-state index contributed by atoms with van der Waals surface area (Å²) in [5.74, 6) is 1.71. The fourth-order valence-electron chi connectivity index (χ4n) is 2.25. The monoisotopic (exact) mass is 248 g/mol. The second-order valence-corrected chi connectivity index (χ2v) is 4.74. The third-order valence-electron chi connectivity index (χ3n) is 3.51. The number of aryl methyl sites for hydroxylation is 1. The van der Waals surface area contributed by atoms with Gasteiger partial charge in [-0.25, -0.2) is 0 Å². The Morgan fingerprint density at radius 3 is 2.61 bits per heavy atom. The van der Waals surface area contributed by atoms with Gasteiger partial charge in [-0.1, -0.05) is 0 Å². The van der Waals surface area contributed by atoms with Crippen molar-refractivity contribution in [2.45, 2.75) is 6.92 Å². The number of fused-ring (bicyclic) bond motifs is 1. The van der Waals surface area contributed by atoms with Crippen molar-refractivity contribution >= 4 is 11.6 Å². The van der Waals surface area contributed by atoms with Crippen molar-refractivity contribution in [1.29, 1.82) is 0 Å². The van der Waals surface area contributed by atoms with Crippen LogP contribution < -0.4 is 19.7 Å². The Hall–Kier alpha value is -1.75. The Morgan fingerprint density at radius 1 is 1.33 bits per heavy atom. The fourth-order valence-corrected chi connectivity index (χ4v) is 2.25. The molecule has 1 N–H and O–H groups in total. The Morgan fingerprint density at radius 2 is 2.00 bits per heavy atom. The van der Waals surface area contributed by atoms with Crippen LogP contribution >= 0.6 is 0 Å². The number of ether oxygens (including phenoxy) is 2. The van der Waals surface area contributed by atoms with Crippen LogP contribution in [0.15, 0.2) is 12.1 Å². The molecular formula is C13H16N2O3. The molecular weight excluding hydrogens is 232 g/mol. The average molecular weight is 248 g/mol. The normalized spacial score (nSPS) is 17.4. The van der Waals surface area contributed by atoms with Crippen LogP contribution in [-0.4, -0.2) is 32.8 Å². The van der Waals surface area contributed by atoms with Crippen LogP contribution in [0.4, 0.5) is 5.69 Å². The molecule has 2 aliphatic heterocycles.